The van der Waals surface area contributed by atoms with Crippen LogP contribution in [0.15, 0.2) is 71.6 Å². The lowest BCUT2D eigenvalue weighted by molar-refractivity contribution is 0.344. The summed E-state index contributed by atoms with van der Waals surface area (Å²) in [4.78, 5) is 0.277. The van der Waals surface area contributed by atoms with E-state index in [-0.39, 0.29) is 4.90 Å². The summed E-state index contributed by atoms with van der Waals surface area (Å²) in [6, 6.07) is 20.5. The standard InChI is InChI=1S/C20H21NO3S/c1-2-24-19-12-13-20(18-11-7-6-10-17(18)19)25(22,23)21-15-14-16-8-4-3-5-9-16/h3-13,21H,2,14-15H2,1H3. The van der Waals surface area contributed by atoms with Gasteiger partial charge >= 0.3 is 0 Å². The van der Waals surface area contributed by atoms with Crippen LogP contribution in [-0.2, 0) is 16.4 Å². The van der Waals surface area contributed by atoms with E-state index in [1.54, 1.807) is 12.1 Å². The van der Waals surface area contributed by atoms with Crippen molar-refractivity contribution < 1.29 is 13.2 Å². The molecule has 0 heterocycles. The molecule has 0 aliphatic rings. The van der Waals surface area contributed by atoms with Gasteiger partial charge in [-0.1, -0.05) is 54.6 Å². The molecule has 0 saturated carbocycles. The molecule has 4 nitrogen and oxygen atoms in total. The molecule has 0 spiro atoms. The van der Waals surface area contributed by atoms with E-state index < -0.39 is 10.0 Å². The third kappa shape index (κ3) is 4.00. The first-order valence-corrected chi connectivity index (χ1v) is 9.78. The largest absolute Gasteiger partial charge is 0.493 e. The van der Waals surface area contributed by atoms with Gasteiger partial charge < -0.3 is 4.74 Å². The maximum absolute atomic E-state index is 12.8. The van der Waals surface area contributed by atoms with E-state index >= 15 is 0 Å². The molecular weight excluding hydrogens is 334 g/mol. The summed E-state index contributed by atoms with van der Waals surface area (Å²) in [5, 5.41) is 1.47. The maximum atomic E-state index is 12.8. The van der Waals surface area contributed by atoms with E-state index in [0.29, 0.717) is 30.7 Å². The Morgan fingerprint density at radius 2 is 1.56 bits per heavy atom. The quantitative estimate of drug-likeness (QED) is 0.702. The molecule has 0 amide bonds. The molecule has 3 aromatic carbocycles. The minimum Gasteiger partial charge on any atom is -0.493 e. The zero-order chi connectivity index (χ0) is 17.7. The SMILES string of the molecule is CCOc1ccc(S(=O)(=O)NCCc2ccccc2)c2ccccc12. The summed E-state index contributed by atoms with van der Waals surface area (Å²) in [5.41, 5.74) is 1.10. The number of nitrogens with one attached hydrogen (secondary N) is 1. The van der Waals surface area contributed by atoms with Gasteiger partial charge in [0.05, 0.1) is 11.5 Å². The average Bonchev–Trinajstić information content (AvgIpc) is 2.63. The van der Waals surface area contributed by atoms with Crippen molar-refractivity contribution in [2.45, 2.75) is 18.2 Å². The maximum Gasteiger partial charge on any atom is 0.241 e. The van der Waals surface area contributed by atoms with E-state index in [0.717, 1.165) is 10.9 Å². The van der Waals surface area contributed by atoms with Crippen LogP contribution >= 0.6 is 0 Å². The van der Waals surface area contributed by atoms with Crippen LogP contribution in [0.1, 0.15) is 12.5 Å². The average molecular weight is 355 g/mol. The number of ether oxygens (including phenoxy) is 1. The van der Waals surface area contributed by atoms with E-state index in [4.69, 9.17) is 4.74 Å². The highest BCUT2D eigenvalue weighted by Gasteiger charge is 2.18. The zero-order valence-electron chi connectivity index (χ0n) is 14.1. The van der Waals surface area contributed by atoms with Gasteiger partial charge in [0.15, 0.2) is 0 Å². The molecule has 5 heteroatoms. The van der Waals surface area contributed by atoms with Crippen molar-refractivity contribution in [2.75, 3.05) is 13.2 Å². The van der Waals surface area contributed by atoms with Crippen LogP contribution in [0, 0.1) is 0 Å². The van der Waals surface area contributed by atoms with Gasteiger partial charge in [0.1, 0.15) is 5.75 Å². The van der Waals surface area contributed by atoms with Gasteiger partial charge in [-0.3, -0.25) is 0 Å². The van der Waals surface area contributed by atoms with Gasteiger partial charge in [0, 0.05) is 17.3 Å². The molecule has 3 aromatic rings. The van der Waals surface area contributed by atoms with Crippen molar-refractivity contribution in [3.05, 3.63) is 72.3 Å². The van der Waals surface area contributed by atoms with Crippen molar-refractivity contribution in [1.29, 1.82) is 0 Å². The Hall–Kier alpha value is -2.37. The second-order valence-electron chi connectivity index (χ2n) is 5.67. The third-order valence-corrected chi connectivity index (χ3v) is 5.50. The van der Waals surface area contributed by atoms with Crippen molar-refractivity contribution in [1.82, 2.24) is 4.72 Å². The Balaban J connectivity index is 1.86. The predicted molar refractivity (Wildman–Crippen MR) is 100 cm³/mol. The Morgan fingerprint density at radius 3 is 2.28 bits per heavy atom. The molecular formula is C20H21NO3S. The fourth-order valence-corrected chi connectivity index (χ4v) is 4.05. The molecule has 3 rings (SSSR count). The number of hydrogen-bond acceptors (Lipinski definition) is 3. The normalized spacial score (nSPS) is 11.6. The number of rotatable bonds is 7. The van der Waals surface area contributed by atoms with E-state index in [9.17, 15) is 8.42 Å². The van der Waals surface area contributed by atoms with Crippen LogP contribution in [0.2, 0.25) is 0 Å². The van der Waals surface area contributed by atoms with Crippen molar-refractivity contribution in [3.8, 4) is 5.75 Å². The van der Waals surface area contributed by atoms with Gasteiger partial charge in [0.25, 0.3) is 0 Å². The lowest BCUT2D eigenvalue weighted by Crippen LogP contribution is -2.26. The van der Waals surface area contributed by atoms with E-state index in [2.05, 4.69) is 4.72 Å². The predicted octanol–water partition coefficient (Wildman–Crippen LogP) is 3.76. The Bertz CT molecular complexity index is 953. The molecule has 0 unspecified atom stereocenters. The molecule has 0 aliphatic heterocycles. The first-order chi connectivity index (χ1) is 12.1. The fraction of sp³-hybridized carbons (Fsp3) is 0.200. The number of sulfonamides is 1. The van der Waals surface area contributed by atoms with Crippen LogP contribution < -0.4 is 9.46 Å². The minimum absolute atomic E-state index is 0.277. The smallest absolute Gasteiger partial charge is 0.241 e. The van der Waals surface area contributed by atoms with E-state index in [1.807, 2.05) is 61.5 Å². The second kappa shape index (κ2) is 7.68. The molecule has 0 aromatic heterocycles. The topological polar surface area (TPSA) is 55.4 Å². The van der Waals surface area contributed by atoms with Gasteiger partial charge in [-0.25, -0.2) is 13.1 Å². The van der Waals surface area contributed by atoms with Gasteiger partial charge in [-0.05, 0) is 31.0 Å². The Labute approximate surface area is 148 Å². The lowest BCUT2D eigenvalue weighted by atomic mass is 10.1. The highest BCUT2D eigenvalue weighted by Crippen LogP contribution is 2.30. The van der Waals surface area contributed by atoms with Crippen LogP contribution in [0.4, 0.5) is 0 Å². The summed E-state index contributed by atoms with van der Waals surface area (Å²) < 4.78 is 33.8. The molecule has 0 radical (unpaired) electrons. The van der Waals surface area contributed by atoms with Crippen LogP contribution in [0.25, 0.3) is 10.8 Å². The summed E-state index contributed by atoms with van der Waals surface area (Å²) in [5.74, 6) is 0.696. The first-order valence-electron chi connectivity index (χ1n) is 8.30. The molecule has 0 fully saturated rings. The van der Waals surface area contributed by atoms with Gasteiger partial charge in [-0.2, -0.15) is 0 Å². The first kappa shape index (κ1) is 17.5. The summed E-state index contributed by atoms with van der Waals surface area (Å²) >= 11 is 0. The zero-order valence-corrected chi connectivity index (χ0v) is 14.9. The van der Waals surface area contributed by atoms with Crippen LogP contribution in [0.3, 0.4) is 0 Å². The van der Waals surface area contributed by atoms with Crippen LogP contribution in [-0.4, -0.2) is 21.6 Å². The molecule has 0 atom stereocenters. The summed E-state index contributed by atoms with van der Waals surface area (Å²) in [7, 11) is -3.59. The van der Waals surface area contributed by atoms with E-state index in [1.165, 1.54) is 0 Å². The molecule has 1 N–H and O–H groups in total. The minimum atomic E-state index is -3.59. The second-order valence-corrected chi connectivity index (χ2v) is 7.41. The van der Waals surface area contributed by atoms with Crippen molar-refractivity contribution in [2.24, 2.45) is 0 Å². The summed E-state index contributed by atoms with van der Waals surface area (Å²) in [6.07, 6.45) is 0.648. The Kier molecular flexibility index (Phi) is 5.36. The number of fused-ring (bicyclic) bond motifs is 1. The number of benzene rings is 3. The molecule has 0 saturated heterocycles. The Morgan fingerprint density at radius 1 is 0.880 bits per heavy atom. The summed E-state index contributed by atoms with van der Waals surface area (Å²) in [6.45, 7) is 2.80. The highest BCUT2D eigenvalue weighted by atomic mass is 32.2. The third-order valence-electron chi connectivity index (χ3n) is 3.98. The molecule has 25 heavy (non-hydrogen) atoms. The lowest BCUT2D eigenvalue weighted by Gasteiger charge is -2.13. The highest BCUT2D eigenvalue weighted by molar-refractivity contribution is 7.89. The van der Waals surface area contributed by atoms with Crippen molar-refractivity contribution >= 4 is 20.8 Å². The van der Waals surface area contributed by atoms with Crippen LogP contribution in [0.5, 0.6) is 5.75 Å². The van der Waals surface area contributed by atoms with Gasteiger partial charge in [-0.15, -0.1) is 0 Å². The molecule has 0 bridgehead atoms. The molecule has 130 valence electrons. The number of hydrogen-bond donors (Lipinski definition) is 1. The fourth-order valence-electron chi connectivity index (χ4n) is 2.81. The van der Waals surface area contributed by atoms with Crippen molar-refractivity contribution in [3.63, 3.8) is 0 Å². The molecule has 0 aliphatic carbocycles. The van der Waals surface area contributed by atoms with Gasteiger partial charge in [0.2, 0.25) is 10.0 Å². The monoisotopic (exact) mass is 355 g/mol.